The van der Waals surface area contributed by atoms with Crippen LogP contribution >= 0.6 is 11.8 Å². The molecule has 0 unspecified atom stereocenters. The van der Waals surface area contributed by atoms with Crippen molar-refractivity contribution in [3.05, 3.63) is 35.9 Å². The third kappa shape index (κ3) is 5.78. The fourth-order valence-corrected chi connectivity index (χ4v) is 2.09. The first-order valence-corrected chi connectivity index (χ1v) is 7.05. The van der Waals surface area contributed by atoms with Crippen LogP contribution in [0.5, 0.6) is 0 Å². The minimum atomic E-state index is -0.288. The lowest BCUT2D eigenvalue weighted by Gasteiger charge is -2.17. The van der Waals surface area contributed by atoms with Crippen LogP contribution in [0.4, 0.5) is 0 Å². The van der Waals surface area contributed by atoms with Crippen LogP contribution in [0.25, 0.3) is 0 Å². The van der Waals surface area contributed by atoms with E-state index in [1.54, 1.807) is 0 Å². The minimum absolute atomic E-state index is 0.123. The average molecular weight is 251 g/mol. The molecule has 94 valence electrons. The van der Waals surface area contributed by atoms with E-state index in [1.165, 1.54) is 5.56 Å². The molecule has 1 aromatic carbocycles. The number of carbonyl (C=O) groups is 1. The predicted molar refractivity (Wildman–Crippen MR) is 75.1 cm³/mol. The molecule has 17 heavy (non-hydrogen) atoms. The molecule has 0 bridgehead atoms. The molecule has 3 heteroatoms. The molecule has 0 radical (unpaired) electrons. The van der Waals surface area contributed by atoms with Gasteiger partial charge in [0.05, 0.1) is 0 Å². The maximum Gasteiger partial charge on any atom is 0.225 e. The SMILES string of the molecule is CC(C)(C)C(=O)NCCSCc1ccccc1. The standard InChI is InChI=1S/C14H21NOS/c1-14(2,3)13(16)15-9-10-17-11-12-7-5-4-6-8-12/h4-8H,9-11H2,1-3H3,(H,15,16). The molecule has 1 amide bonds. The van der Waals surface area contributed by atoms with Crippen molar-refractivity contribution < 1.29 is 4.79 Å². The number of nitrogens with one attached hydrogen (secondary N) is 1. The van der Waals surface area contributed by atoms with Gasteiger partial charge in [-0.05, 0) is 5.56 Å². The third-order valence-corrected chi connectivity index (χ3v) is 3.35. The summed E-state index contributed by atoms with van der Waals surface area (Å²) in [5, 5.41) is 2.95. The van der Waals surface area contributed by atoms with Gasteiger partial charge in [0, 0.05) is 23.5 Å². The van der Waals surface area contributed by atoms with Crippen molar-refractivity contribution in [2.45, 2.75) is 26.5 Å². The second-order valence-corrected chi connectivity index (χ2v) is 6.15. The van der Waals surface area contributed by atoms with Gasteiger partial charge < -0.3 is 5.32 Å². The highest BCUT2D eigenvalue weighted by Gasteiger charge is 2.19. The van der Waals surface area contributed by atoms with E-state index in [0.29, 0.717) is 0 Å². The van der Waals surface area contributed by atoms with E-state index in [4.69, 9.17) is 0 Å². The molecule has 0 aliphatic heterocycles. The van der Waals surface area contributed by atoms with Crippen molar-refractivity contribution in [1.29, 1.82) is 0 Å². The van der Waals surface area contributed by atoms with Crippen molar-refractivity contribution in [2.75, 3.05) is 12.3 Å². The monoisotopic (exact) mass is 251 g/mol. The van der Waals surface area contributed by atoms with E-state index in [1.807, 2.05) is 38.6 Å². The fourth-order valence-electron chi connectivity index (χ4n) is 1.27. The Morgan fingerprint density at radius 3 is 2.47 bits per heavy atom. The van der Waals surface area contributed by atoms with Gasteiger partial charge in [-0.25, -0.2) is 0 Å². The predicted octanol–water partition coefficient (Wildman–Crippen LogP) is 3.08. The number of benzene rings is 1. The smallest absolute Gasteiger partial charge is 0.225 e. The van der Waals surface area contributed by atoms with E-state index in [-0.39, 0.29) is 11.3 Å². The molecular weight excluding hydrogens is 230 g/mol. The summed E-state index contributed by atoms with van der Waals surface area (Å²) in [5.74, 6) is 2.08. The third-order valence-electron chi connectivity index (χ3n) is 2.32. The molecule has 0 atom stereocenters. The Morgan fingerprint density at radius 2 is 1.88 bits per heavy atom. The second-order valence-electron chi connectivity index (χ2n) is 5.04. The summed E-state index contributed by atoms with van der Waals surface area (Å²) in [5.41, 5.74) is 1.05. The van der Waals surface area contributed by atoms with Gasteiger partial charge in [-0.3, -0.25) is 4.79 Å². The molecule has 1 N–H and O–H groups in total. The summed E-state index contributed by atoms with van der Waals surface area (Å²) in [7, 11) is 0. The fraction of sp³-hybridized carbons (Fsp3) is 0.500. The minimum Gasteiger partial charge on any atom is -0.355 e. The number of hydrogen-bond donors (Lipinski definition) is 1. The van der Waals surface area contributed by atoms with Crippen LogP contribution < -0.4 is 5.32 Å². The van der Waals surface area contributed by atoms with Crippen LogP contribution in [0.3, 0.4) is 0 Å². The van der Waals surface area contributed by atoms with E-state index >= 15 is 0 Å². The van der Waals surface area contributed by atoms with Gasteiger partial charge in [-0.1, -0.05) is 51.1 Å². The summed E-state index contributed by atoms with van der Waals surface area (Å²) in [6.07, 6.45) is 0. The molecule has 0 fully saturated rings. The van der Waals surface area contributed by atoms with E-state index in [2.05, 4.69) is 29.6 Å². The van der Waals surface area contributed by atoms with Gasteiger partial charge in [-0.2, -0.15) is 11.8 Å². The topological polar surface area (TPSA) is 29.1 Å². The molecule has 0 aliphatic carbocycles. The van der Waals surface area contributed by atoms with Crippen LogP contribution in [0.2, 0.25) is 0 Å². The summed E-state index contributed by atoms with van der Waals surface area (Å²) in [6, 6.07) is 10.4. The molecule has 1 aromatic rings. The van der Waals surface area contributed by atoms with Gasteiger partial charge in [0.25, 0.3) is 0 Å². The van der Waals surface area contributed by atoms with Crippen LogP contribution in [0.15, 0.2) is 30.3 Å². The van der Waals surface area contributed by atoms with Crippen LogP contribution in [-0.2, 0) is 10.5 Å². The van der Waals surface area contributed by atoms with Crippen LogP contribution in [0.1, 0.15) is 26.3 Å². The summed E-state index contributed by atoms with van der Waals surface area (Å²) < 4.78 is 0. The highest BCUT2D eigenvalue weighted by molar-refractivity contribution is 7.98. The second kappa shape index (κ2) is 6.70. The van der Waals surface area contributed by atoms with Crippen molar-refractivity contribution in [3.8, 4) is 0 Å². The molecule has 0 saturated heterocycles. The molecular formula is C14H21NOS. The summed E-state index contributed by atoms with van der Waals surface area (Å²) in [4.78, 5) is 11.6. The zero-order chi connectivity index (χ0) is 12.7. The molecule has 0 heterocycles. The quantitative estimate of drug-likeness (QED) is 0.815. The van der Waals surface area contributed by atoms with E-state index in [0.717, 1.165) is 18.1 Å². The van der Waals surface area contributed by atoms with Crippen molar-refractivity contribution in [2.24, 2.45) is 5.41 Å². The zero-order valence-corrected chi connectivity index (χ0v) is 11.6. The Bertz CT molecular complexity index is 343. The Kier molecular flexibility index (Phi) is 5.56. The Labute approximate surface area is 108 Å². The van der Waals surface area contributed by atoms with Crippen molar-refractivity contribution >= 4 is 17.7 Å². The highest BCUT2D eigenvalue weighted by Crippen LogP contribution is 2.13. The van der Waals surface area contributed by atoms with E-state index in [9.17, 15) is 4.79 Å². The maximum absolute atomic E-state index is 11.6. The van der Waals surface area contributed by atoms with Gasteiger partial charge >= 0.3 is 0 Å². The molecule has 2 nitrogen and oxygen atoms in total. The first kappa shape index (κ1) is 14.1. The van der Waals surface area contributed by atoms with E-state index < -0.39 is 0 Å². The lowest BCUT2D eigenvalue weighted by Crippen LogP contribution is -2.36. The maximum atomic E-state index is 11.6. The number of hydrogen-bond acceptors (Lipinski definition) is 2. The molecule has 0 aliphatic rings. The zero-order valence-electron chi connectivity index (χ0n) is 10.8. The first-order valence-electron chi connectivity index (χ1n) is 5.90. The van der Waals surface area contributed by atoms with Gasteiger partial charge in [0.2, 0.25) is 5.91 Å². The van der Waals surface area contributed by atoms with Gasteiger partial charge in [0.15, 0.2) is 0 Å². The average Bonchev–Trinajstić information content (AvgIpc) is 2.28. The number of rotatable bonds is 5. The van der Waals surface area contributed by atoms with Crippen molar-refractivity contribution in [1.82, 2.24) is 5.32 Å². The molecule has 0 aromatic heterocycles. The molecule has 0 spiro atoms. The largest absolute Gasteiger partial charge is 0.355 e. The van der Waals surface area contributed by atoms with Gasteiger partial charge in [0.1, 0.15) is 0 Å². The normalized spacial score (nSPS) is 11.2. The Balaban J connectivity index is 2.12. The molecule has 0 saturated carbocycles. The Hall–Kier alpha value is -0.960. The number of carbonyl (C=O) groups excluding carboxylic acids is 1. The highest BCUT2D eigenvalue weighted by atomic mass is 32.2. The number of thioether (sulfide) groups is 1. The van der Waals surface area contributed by atoms with Crippen molar-refractivity contribution in [3.63, 3.8) is 0 Å². The van der Waals surface area contributed by atoms with Crippen LogP contribution in [-0.4, -0.2) is 18.2 Å². The summed E-state index contributed by atoms with van der Waals surface area (Å²) in [6.45, 7) is 6.53. The lowest BCUT2D eigenvalue weighted by molar-refractivity contribution is -0.128. The lowest BCUT2D eigenvalue weighted by atomic mass is 9.96. The first-order chi connectivity index (χ1) is 8.00. The van der Waals surface area contributed by atoms with Gasteiger partial charge in [-0.15, -0.1) is 0 Å². The summed E-state index contributed by atoms with van der Waals surface area (Å²) >= 11 is 1.84. The molecule has 1 rings (SSSR count). The Morgan fingerprint density at radius 1 is 1.24 bits per heavy atom. The van der Waals surface area contributed by atoms with Crippen LogP contribution in [0, 0.1) is 5.41 Å². The number of amides is 1.